The number of hydrogen-bond acceptors (Lipinski definition) is 7. The molecule has 1 saturated heterocycles. The van der Waals surface area contributed by atoms with Crippen molar-refractivity contribution in [3.05, 3.63) is 77.6 Å². The highest BCUT2D eigenvalue weighted by Crippen LogP contribution is 2.41. The number of anilines is 1. The molecule has 1 aromatic heterocycles. The van der Waals surface area contributed by atoms with E-state index >= 15 is 0 Å². The van der Waals surface area contributed by atoms with E-state index in [0.29, 0.717) is 22.5 Å². The van der Waals surface area contributed by atoms with Gasteiger partial charge >= 0.3 is 0 Å². The molecule has 1 aliphatic heterocycles. The Morgan fingerprint density at radius 2 is 1.66 bits per heavy atom. The molecule has 9 nitrogen and oxygen atoms in total. The fourth-order valence-corrected chi connectivity index (χ4v) is 5.38. The molecule has 196 valence electrons. The van der Waals surface area contributed by atoms with Crippen LogP contribution < -0.4 is 4.90 Å². The third-order valence-electron chi connectivity index (χ3n) is 7.43. The number of hydrogen-bond donors (Lipinski definition) is 1. The van der Waals surface area contributed by atoms with Gasteiger partial charge in [0.15, 0.2) is 0 Å². The number of nitrogens with zero attached hydrogens (tertiary/aromatic N) is 3. The van der Waals surface area contributed by atoms with Crippen LogP contribution in [0.15, 0.2) is 71.0 Å². The fourth-order valence-electron chi connectivity index (χ4n) is 5.38. The number of carbonyl (C=O) groups excluding carboxylic acids is 3. The number of hydroxylamine groups is 2. The van der Waals surface area contributed by atoms with Gasteiger partial charge in [-0.3, -0.25) is 24.1 Å². The van der Waals surface area contributed by atoms with E-state index in [-0.39, 0.29) is 23.2 Å². The van der Waals surface area contributed by atoms with Gasteiger partial charge in [-0.2, -0.15) is 0 Å². The minimum atomic E-state index is -0.710. The van der Waals surface area contributed by atoms with Gasteiger partial charge in [0.1, 0.15) is 17.7 Å². The average Bonchev–Trinajstić information content (AvgIpc) is 3.59. The molecule has 2 fully saturated rings. The van der Waals surface area contributed by atoms with Crippen molar-refractivity contribution in [2.75, 3.05) is 19.1 Å². The summed E-state index contributed by atoms with van der Waals surface area (Å²) in [7, 11) is 2.89. The number of benzene rings is 2. The Hall–Kier alpha value is -4.24. The van der Waals surface area contributed by atoms with Crippen LogP contribution in [0.3, 0.4) is 0 Å². The molecular weight excluding hydrogens is 486 g/mol. The maximum atomic E-state index is 13.4. The molecule has 38 heavy (non-hydrogen) atoms. The summed E-state index contributed by atoms with van der Waals surface area (Å²) in [6, 6.07) is 14.7. The average molecular weight is 516 g/mol. The number of Topliss-reactive ketones (excluding diaryl/α,β-unsaturated/α-hetero) is 1. The van der Waals surface area contributed by atoms with Gasteiger partial charge in [-0.15, -0.1) is 0 Å². The Bertz CT molecular complexity index is 1360. The zero-order chi connectivity index (χ0) is 26.8. The molecule has 1 saturated carbocycles. The van der Waals surface area contributed by atoms with E-state index in [1.54, 1.807) is 42.5 Å². The Balaban J connectivity index is 1.54. The first kappa shape index (κ1) is 25.4. The summed E-state index contributed by atoms with van der Waals surface area (Å²) in [5.41, 5.74) is 2.90. The van der Waals surface area contributed by atoms with Gasteiger partial charge in [-0.25, -0.2) is 5.06 Å². The molecule has 2 aromatic carbocycles. The lowest BCUT2D eigenvalue weighted by atomic mass is 9.80. The second-order valence-electron chi connectivity index (χ2n) is 9.60. The standard InChI is InChI=1S/C29H29N3O6/c1-31(37-2)28(35)21-10-8-20(9-11-21)26(33)24-25(19-6-4-3-5-7-19)32(29(36)27(24)34)22-14-12-18(13-15-22)23-16-17-38-30-23/h8-17,19,25,33H,3-7H2,1-2H3. The van der Waals surface area contributed by atoms with E-state index in [4.69, 9.17) is 9.36 Å². The first-order valence-electron chi connectivity index (χ1n) is 12.6. The molecule has 5 rings (SSSR count). The first-order chi connectivity index (χ1) is 18.4. The van der Waals surface area contributed by atoms with Gasteiger partial charge in [-0.1, -0.05) is 48.7 Å². The second kappa shape index (κ2) is 10.6. The summed E-state index contributed by atoms with van der Waals surface area (Å²) in [5, 5.41) is 16.4. The van der Waals surface area contributed by atoms with Crippen LogP contribution in [0.2, 0.25) is 0 Å². The van der Waals surface area contributed by atoms with Crippen molar-refractivity contribution < 1.29 is 28.9 Å². The second-order valence-corrected chi connectivity index (χ2v) is 9.60. The minimum Gasteiger partial charge on any atom is -0.507 e. The largest absolute Gasteiger partial charge is 0.507 e. The van der Waals surface area contributed by atoms with E-state index < -0.39 is 17.7 Å². The molecular formula is C29H29N3O6. The van der Waals surface area contributed by atoms with Gasteiger partial charge in [-0.05, 0) is 43.0 Å². The van der Waals surface area contributed by atoms with E-state index in [1.165, 1.54) is 25.3 Å². The highest BCUT2D eigenvalue weighted by Gasteiger charge is 2.49. The first-order valence-corrected chi connectivity index (χ1v) is 12.6. The lowest BCUT2D eigenvalue weighted by Gasteiger charge is -2.34. The molecule has 2 aliphatic rings. The van der Waals surface area contributed by atoms with E-state index in [1.807, 2.05) is 12.1 Å². The van der Waals surface area contributed by atoms with Crippen LogP contribution in [0, 0.1) is 5.92 Å². The molecule has 9 heteroatoms. The number of amides is 2. The zero-order valence-corrected chi connectivity index (χ0v) is 21.3. The molecule has 1 atom stereocenters. The van der Waals surface area contributed by atoms with Crippen molar-refractivity contribution in [1.82, 2.24) is 10.2 Å². The van der Waals surface area contributed by atoms with Crippen molar-refractivity contribution >= 4 is 29.0 Å². The number of aliphatic hydroxyl groups excluding tert-OH is 1. The van der Waals surface area contributed by atoms with Crippen LogP contribution in [0.1, 0.15) is 48.0 Å². The minimum absolute atomic E-state index is 0.0303. The van der Waals surface area contributed by atoms with Gasteiger partial charge < -0.3 is 9.63 Å². The van der Waals surface area contributed by atoms with Crippen LogP contribution in [0.4, 0.5) is 5.69 Å². The van der Waals surface area contributed by atoms with Gasteiger partial charge in [0.05, 0.1) is 18.7 Å². The predicted octanol–water partition coefficient (Wildman–Crippen LogP) is 4.81. The van der Waals surface area contributed by atoms with Crippen LogP contribution in [-0.4, -0.2) is 53.1 Å². The molecule has 0 spiro atoms. The lowest BCUT2D eigenvalue weighted by Crippen LogP contribution is -2.40. The van der Waals surface area contributed by atoms with E-state index in [9.17, 15) is 19.5 Å². The quantitative estimate of drug-likeness (QED) is 0.217. The third-order valence-corrected chi connectivity index (χ3v) is 7.43. The third kappa shape index (κ3) is 4.61. The monoisotopic (exact) mass is 515 g/mol. The number of aromatic nitrogens is 1. The van der Waals surface area contributed by atoms with Gasteiger partial charge in [0.25, 0.3) is 17.6 Å². The van der Waals surface area contributed by atoms with Crippen LogP contribution >= 0.6 is 0 Å². The van der Waals surface area contributed by atoms with E-state index in [0.717, 1.165) is 42.7 Å². The van der Waals surface area contributed by atoms with Crippen molar-refractivity contribution in [2.24, 2.45) is 5.92 Å². The highest BCUT2D eigenvalue weighted by atomic mass is 16.7. The summed E-state index contributed by atoms with van der Waals surface area (Å²) in [4.78, 5) is 45.7. The highest BCUT2D eigenvalue weighted by molar-refractivity contribution is 6.51. The molecule has 2 heterocycles. The lowest BCUT2D eigenvalue weighted by molar-refractivity contribution is -0.132. The molecule has 2 amide bonds. The molecule has 3 aromatic rings. The summed E-state index contributed by atoms with van der Waals surface area (Å²) in [6.07, 6.45) is 6.30. The Morgan fingerprint density at radius 3 is 2.26 bits per heavy atom. The van der Waals surface area contributed by atoms with Crippen LogP contribution in [-0.2, 0) is 14.4 Å². The summed E-state index contributed by atoms with van der Waals surface area (Å²) in [6.45, 7) is 0. The van der Waals surface area contributed by atoms with Crippen molar-refractivity contribution in [2.45, 2.75) is 38.1 Å². The zero-order valence-electron chi connectivity index (χ0n) is 21.3. The number of carbonyl (C=O) groups is 3. The Labute approximate surface area is 220 Å². The molecule has 1 N–H and O–H groups in total. The topological polar surface area (TPSA) is 113 Å². The van der Waals surface area contributed by atoms with Gasteiger partial charge in [0, 0.05) is 35.5 Å². The SMILES string of the molecule is CON(C)C(=O)c1ccc(C(O)=C2C(=O)C(=O)N(c3ccc(-c4ccon4)cc3)C2C2CCCCC2)cc1. The van der Waals surface area contributed by atoms with Crippen molar-refractivity contribution in [3.8, 4) is 11.3 Å². The summed E-state index contributed by atoms with van der Waals surface area (Å²) >= 11 is 0. The van der Waals surface area contributed by atoms with Crippen LogP contribution in [0.5, 0.6) is 0 Å². The normalized spacial score (nSPS) is 19.6. The molecule has 0 bridgehead atoms. The molecule has 1 unspecified atom stereocenters. The molecule has 1 aliphatic carbocycles. The molecule has 0 radical (unpaired) electrons. The summed E-state index contributed by atoms with van der Waals surface area (Å²) < 4.78 is 4.93. The number of aliphatic hydroxyl groups is 1. The summed E-state index contributed by atoms with van der Waals surface area (Å²) in [5.74, 6) is -1.93. The Kier molecular flexibility index (Phi) is 7.11. The van der Waals surface area contributed by atoms with Gasteiger partial charge in [0.2, 0.25) is 0 Å². The van der Waals surface area contributed by atoms with Crippen molar-refractivity contribution in [1.29, 1.82) is 0 Å². The number of ketones is 1. The maximum Gasteiger partial charge on any atom is 0.299 e. The van der Waals surface area contributed by atoms with Crippen molar-refractivity contribution in [3.63, 3.8) is 0 Å². The van der Waals surface area contributed by atoms with E-state index in [2.05, 4.69) is 5.16 Å². The fraction of sp³-hybridized carbons (Fsp3) is 0.310. The van der Waals surface area contributed by atoms with Crippen LogP contribution in [0.25, 0.3) is 17.0 Å². The number of rotatable bonds is 6. The smallest absolute Gasteiger partial charge is 0.299 e. The maximum absolute atomic E-state index is 13.4. The predicted molar refractivity (Wildman–Crippen MR) is 140 cm³/mol. The Morgan fingerprint density at radius 1 is 1.00 bits per heavy atom.